The Balaban J connectivity index is 1.70. The number of methoxy groups -OCH3 is 2. The van der Waals surface area contributed by atoms with Crippen molar-refractivity contribution in [2.75, 3.05) is 27.4 Å². The van der Waals surface area contributed by atoms with Gasteiger partial charge in [-0.05, 0) is 74.7 Å². The number of amides is 1. The molecule has 0 unspecified atom stereocenters. The summed E-state index contributed by atoms with van der Waals surface area (Å²) in [7, 11) is 3.11. The fourth-order valence-electron chi connectivity index (χ4n) is 5.01. The number of carbonyl (C=O) groups is 2. The predicted octanol–water partition coefficient (Wildman–Crippen LogP) is 5.16. The standard InChI is InChI=1S/C35H42N2O8/c1-34(2,3)45-30(39)18-19-35(33(40)36-23-24-12-17-28(41-4)29(22-24)42-5)31(25-10-7-6-8-11-25)44-32(37-35)26-13-15-27(16-14-26)43-21-9-20-38/h6-8,10-17,22,31,38H,9,18-21,23H2,1-5H3,(H,36,40)/t31-,35-/m1/s1. The van der Waals surface area contributed by atoms with Crippen LogP contribution in [0.1, 0.15) is 62.8 Å². The smallest absolute Gasteiger partial charge is 0.306 e. The Labute approximate surface area is 264 Å². The van der Waals surface area contributed by atoms with Crippen molar-refractivity contribution in [3.05, 3.63) is 89.5 Å². The van der Waals surface area contributed by atoms with Gasteiger partial charge in [0.1, 0.15) is 11.4 Å². The molecule has 1 aliphatic heterocycles. The molecule has 1 amide bonds. The van der Waals surface area contributed by atoms with Crippen molar-refractivity contribution in [2.45, 2.75) is 63.8 Å². The Hall–Kier alpha value is -4.57. The molecule has 3 aromatic rings. The Morgan fingerprint density at radius 1 is 0.978 bits per heavy atom. The first kappa shape index (κ1) is 33.3. The molecule has 3 aromatic carbocycles. The van der Waals surface area contributed by atoms with Crippen LogP contribution < -0.4 is 19.5 Å². The van der Waals surface area contributed by atoms with E-state index >= 15 is 0 Å². The Morgan fingerprint density at radius 3 is 2.33 bits per heavy atom. The summed E-state index contributed by atoms with van der Waals surface area (Å²) in [5.74, 6) is 1.20. The van der Waals surface area contributed by atoms with Gasteiger partial charge in [-0.3, -0.25) is 9.59 Å². The minimum absolute atomic E-state index is 0.0447. The summed E-state index contributed by atoms with van der Waals surface area (Å²) in [6.07, 6.45) is -0.302. The lowest BCUT2D eigenvalue weighted by atomic mass is 9.83. The molecule has 0 radical (unpaired) electrons. The van der Waals surface area contributed by atoms with Gasteiger partial charge in [0.25, 0.3) is 5.91 Å². The molecule has 10 nitrogen and oxygen atoms in total. The highest BCUT2D eigenvalue weighted by atomic mass is 16.6. The molecule has 0 aromatic heterocycles. The third-order valence-electron chi connectivity index (χ3n) is 7.16. The molecule has 4 rings (SSSR count). The molecule has 0 bridgehead atoms. The van der Waals surface area contributed by atoms with E-state index in [1.807, 2.05) is 36.4 Å². The molecule has 1 heterocycles. The second-order valence-corrected chi connectivity index (χ2v) is 11.7. The zero-order valence-electron chi connectivity index (χ0n) is 26.5. The number of nitrogens with one attached hydrogen (secondary N) is 1. The SMILES string of the molecule is COc1ccc(CNC(=O)[C@]2(CCC(=O)OC(C)(C)C)N=C(c3ccc(OCCCO)cc3)O[C@@H]2c2ccccc2)cc1OC. The van der Waals surface area contributed by atoms with Gasteiger partial charge in [-0.2, -0.15) is 0 Å². The average molecular weight is 619 g/mol. The molecular weight excluding hydrogens is 576 g/mol. The van der Waals surface area contributed by atoms with E-state index in [0.29, 0.717) is 35.8 Å². The van der Waals surface area contributed by atoms with Crippen molar-refractivity contribution in [3.63, 3.8) is 0 Å². The number of ether oxygens (including phenoxy) is 5. The van der Waals surface area contributed by atoms with Crippen molar-refractivity contribution in [2.24, 2.45) is 4.99 Å². The van der Waals surface area contributed by atoms with E-state index in [1.165, 1.54) is 0 Å². The van der Waals surface area contributed by atoms with Crippen LogP contribution in [0.2, 0.25) is 0 Å². The fourth-order valence-corrected chi connectivity index (χ4v) is 5.01. The highest BCUT2D eigenvalue weighted by molar-refractivity contribution is 6.01. The predicted molar refractivity (Wildman–Crippen MR) is 170 cm³/mol. The molecule has 2 atom stereocenters. The van der Waals surface area contributed by atoms with E-state index in [0.717, 1.165) is 11.1 Å². The summed E-state index contributed by atoms with van der Waals surface area (Å²) in [6, 6.07) is 22.0. The minimum Gasteiger partial charge on any atom is -0.494 e. The highest BCUT2D eigenvalue weighted by Gasteiger charge is 2.53. The van der Waals surface area contributed by atoms with E-state index in [4.69, 9.17) is 33.8 Å². The van der Waals surface area contributed by atoms with Gasteiger partial charge in [0, 0.05) is 31.6 Å². The minimum atomic E-state index is -1.49. The van der Waals surface area contributed by atoms with Crippen LogP contribution in [-0.4, -0.2) is 61.5 Å². The number of benzene rings is 3. The highest BCUT2D eigenvalue weighted by Crippen LogP contribution is 2.43. The average Bonchev–Trinajstić information content (AvgIpc) is 3.43. The maximum absolute atomic E-state index is 14.3. The molecule has 0 saturated carbocycles. The second kappa shape index (κ2) is 14.9. The van der Waals surface area contributed by atoms with Gasteiger partial charge in [0.15, 0.2) is 23.1 Å². The topological polar surface area (TPSA) is 125 Å². The van der Waals surface area contributed by atoms with Crippen LogP contribution in [0, 0.1) is 0 Å². The maximum Gasteiger partial charge on any atom is 0.306 e. The molecule has 0 aliphatic carbocycles. The van der Waals surface area contributed by atoms with Gasteiger partial charge in [-0.1, -0.05) is 36.4 Å². The molecule has 45 heavy (non-hydrogen) atoms. The van der Waals surface area contributed by atoms with Crippen LogP contribution in [0.4, 0.5) is 0 Å². The molecule has 0 fully saturated rings. The largest absolute Gasteiger partial charge is 0.494 e. The Morgan fingerprint density at radius 2 is 1.69 bits per heavy atom. The summed E-state index contributed by atoms with van der Waals surface area (Å²) in [5, 5.41) is 12.1. The summed E-state index contributed by atoms with van der Waals surface area (Å²) in [4.78, 5) is 32.2. The Kier molecular flexibility index (Phi) is 11.1. The zero-order valence-corrected chi connectivity index (χ0v) is 26.5. The lowest BCUT2D eigenvalue weighted by molar-refractivity contribution is -0.155. The third kappa shape index (κ3) is 8.54. The number of aliphatic imine (C=N–C) groups is 1. The Bertz CT molecular complexity index is 1470. The molecule has 0 spiro atoms. The summed E-state index contributed by atoms with van der Waals surface area (Å²) in [5.41, 5.74) is 0.0169. The summed E-state index contributed by atoms with van der Waals surface area (Å²) >= 11 is 0. The fraction of sp³-hybridized carbons (Fsp3) is 0.400. The molecule has 10 heteroatoms. The van der Waals surface area contributed by atoms with Gasteiger partial charge in [-0.15, -0.1) is 0 Å². The number of hydrogen-bond donors (Lipinski definition) is 2. The van der Waals surface area contributed by atoms with Crippen LogP contribution >= 0.6 is 0 Å². The molecule has 240 valence electrons. The quantitative estimate of drug-likeness (QED) is 0.188. The van der Waals surface area contributed by atoms with Crippen LogP contribution in [0.15, 0.2) is 77.8 Å². The van der Waals surface area contributed by atoms with Gasteiger partial charge in [0.05, 0.1) is 20.8 Å². The lowest BCUT2D eigenvalue weighted by Crippen LogP contribution is -2.48. The van der Waals surface area contributed by atoms with Crippen molar-refractivity contribution in [1.29, 1.82) is 0 Å². The first-order valence-corrected chi connectivity index (χ1v) is 14.9. The van der Waals surface area contributed by atoms with Crippen LogP contribution in [0.3, 0.4) is 0 Å². The van der Waals surface area contributed by atoms with Crippen molar-refractivity contribution < 1.29 is 38.4 Å². The molecular formula is C35H42N2O8. The van der Waals surface area contributed by atoms with E-state index in [-0.39, 0.29) is 31.9 Å². The summed E-state index contributed by atoms with van der Waals surface area (Å²) in [6.45, 7) is 6.01. The normalized spacial score (nSPS) is 17.6. The number of hydrogen-bond acceptors (Lipinski definition) is 9. The number of carbonyl (C=O) groups excluding carboxylic acids is 2. The summed E-state index contributed by atoms with van der Waals surface area (Å²) < 4.78 is 28.5. The second-order valence-electron chi connectivity index (χ2n) is 11.7. The van der Waals surface area contributed by atoms with Gasteiger partial charge in [0.2, 0.25) is 5.90 Å². The van der Waals surface area contributed by atoms with E-state index in [2.05, 4.69) is 5.32 Å². The van der Waals surface area contributed by atoms with Crippen molar-refractivity contribution >= 4 is 17.8 Å². The number of aliphatic hydroxyl groups excluding tert-OH is 1. The molecule has 2 N–H and O–H groups in total. The van der Waals surface area contributed by atoms with Crippen LogP contribution in [0.25, 0.3) is 0 Å². The number of nitrogens with zero attached hydrogens (tertiary/aromatic N) is 1. The first-order chi connectivity index (χ1) is 21.6. The number of aliphatic hydroxyl groups is 1. The van der Waals surface area contributed by atoms with Crippen LogP contribution in [-0.2, 0) is 25.6 Å². The van der Waals surface area contributed by atoms with E-state index in [9.17, 15) is 9.59 Å². The lowest BCUT2D eigenvalue weighted by Gasteiger charge is -2.31. The monoisotopic (exact) mass is 618 g/mol. The van der Waals surface area contributed by atoms with E-state index in [1.54, 1.807) is 71.4 Å². The molecule has 0 saturated heterocycles. The number of esters is 1. The molecule has 1 aliphatic rings. The van der Waals surface area contributed by atoms with Gasteiger partial charge in [-0.25, -0.2) is 4.99 Å². The van der Waals surface area contributed by atoms with Crippen LogP contribution in [0.5, 0.6) is 17.2 Å². The van der Waals surface area contributed by atoms with Gasteiger partial charge >= 0.3 is 5.97 Å². The zero-order chi connectivity index (χ0) is 32.5. The van der Waals surface area contributed by atoms with Gasteiger partial charge < -0.3 is 34.1 Å². The van der Waals surface area contributed by atoms with E-state index < -0.39 is 29.1 Å². The van der Waals surface area contributed by atoms with Crippen molar-refractivity contribution in [1.82, 2.24) is 5.32 Å². The number of rotatable bonds is 14. The third-order valence-corrected chi connectivity index (χ3v) is 7.16. The maximum atomic E-state index is 14.3. The van der Waals surface area contributed by atoms with Crippen molar-refractivity contribution in [3.8, 4) is 17.2 Å². The first-order valence-electron chi connectivity index (χ1n) is 14.9.